The highest BCUT2D eigenvalue weighted by atomic mass is 19.1. The molecule has 4 nitrogen and oxygen atoms in total. The molecule has 0 fully saturated rings. The Labute approximate surface area is 116 Å². The number of nitrogens with one attached hydrogen (secondary N) is 1. The summed E-state index contributed by atoms with van der Waals surface area (Å²) in [5, 5.41) is 2.61. The number of carbonyl (C=O) groups is 1. The number of carbonyl (C=O) groups excluding carboxylic acids is 1. The van der Waals surface area contributed by atoms with Gasteiger partial charge < -0.3 is 14.8 Å². The molecule has 0 heterocycles. The first-order chi connectivity index (χ1) is 9.65. The summed E-state index contributed by atoms with van der Waals surface area (Å²) in [7, 11) is 3.01. The average Bonchev–Trinajstić information content (AvgIpc) is 2.48. The standard InChI is InChI=1S/C15H14FNO3/c1-19-10-7-8-13(14(9-10)20-2)17-15(18)11-5-3-4-6-12(11)16/h3-9H,1-2H3,(H,17,18). The minimum absolute atomic E-state index is 0.0228. The van der Waals surface area contributed by atoms with E-state index in [0.717, 1.165) is 0 Å². The van der Waals surface area contributed by atoms with Gasteiger partial charge in [-0.15, -0.1) is 0 Å². The quantitative estimate of drug-likeness (QED) is 0.932. The number of benzene rings is 2. The van der Waals surface area contributed by atoms with E-state index in [4.69, 9.17) is 9.47 Å². The molecule has 0 aromatic heterocycles. The predicted molar refractivity (Wildman–Crippen MR) is 73.9 cm³/mol. The van der Waals surface area contributed by atoms with Crippen LogP contribution in [0.1, 0.15) is 10.4 Å². The molecule has 0 aliphatic rings. The van der Waals surface area contributed by atoms with Crippen LogP contribution in [0.25, 0.3) is 0 Å². The molecule has 2 aromatic rings. The Kier molecular flexibility index (Phi) is 4.20. The normalized spacial score (nSPS) is 9.95. The molecule has 0 aliphatic carbocycles. The monoisotopic (exact) mass is 275 g/mol. The number of anilines is 1. The van der Waals surface area contributed by atoms with Crippen molar-refractivity contribution in [3.63, 3.8) is 0 Å². The second kappa shape index (κ2) is 6.06. The molecule has 0 unspecified atom stereocenters. The van der Waals surface area contributed by atoms with Crippen LogP contribution < -0.4 is 14.8 Å². The van der Waals surface area contributed by atoms with Crippen molar-refractivity contribution in [1.82, 2.24) is 0 Å². The van der Waals surface area contributed by atoms with E-state index in [1.807, 2.05) is 0 Å². The minimum Gasteiger partial charge on any atom is -0.497 e. The Morgan fingerprint density at radius 2 is 1.85 bits per heavy atom. The molecule has 0 atom stereocenters. The smallest absolute Gasteiger partial charge is 0.258 e. The number of halogens is 1. The first-order valence-corrected chi connectivity index (χ1v) is 5.93. The maximum absolute atomic E-state index is 13.5. The predicted octanol–water partition coefficient (Wildman–Crippen LogP) is 3.10. The Hall–Kier alpha value is -2.56. The summed E-state index contributed by atoms with van der Waals surface area (Å²) >= 11 is 0. The third-order valence-electron chi connectivity index (χ3n) is 2.78. The Bertz CT molecular complexity index is 628. The summed E-state index contributed by atoms with van der Waals surface area (Å²) in [5.74, 6) is -0.0659. The zero-order valence-electron chi connectivity index (χ0n) is 11.1. The molecule has 0 spiro atoms. The number of amides is 1. The van der Waals surface area contributed by atoms with E-state index in [1.54, 1.807) is 24.3 Å². The van der Waals surface area contributed by atoms with Gasteiger partial charge in [0, 0.05) is 6.07 Å². The number of rotatable bonds is 4. The molecule has 0 radical (unpaired) electrons. The van der Waals surface area contributed by atoms with Crippen LogP contribution in [0, 0.1) is 5.82 Å². The van der Waals surface area contributed by atoms with Crippen molar-refractivity contribution < 1.29 is 18.7 Å². The third kappa shape index (κ3) is 2.88. The zero-order valence-corrected chi connectivity index (χ0v) is 11.1. The van der Waals surface area contributed by atoms with E-state index >= 15 is 0 Å². The first kappa shape index (κ1) is 13.9. The fourth-order valence-corrected chi connectivity index (χ4v) is 1.74. The van der Waals surface area contributed by atoms with Gasteiger partial charge in [0.15, 0.2) is 0 Å². The fourth-order valence-electron chi connectivity index (χ4n) is 1.74. The van der Waals surface area contributed by atoms with E-state index < -0.39 is 11.7 Å². The van der Waals surface area contributed by atoms with Crippen LogP contribution in [0.2, 0.25) is 0 Å². The van der Waals surface area contributed by atoms with Gasteiger partial charge >= 0.3 is 0 Å². The molecule has 0 bridgehead atoms. The summed E-state index contributed by atoms with van der Waals surface area (Å²) in [6.07, 6.45) is 0. The van der Waals surface area contributed by atoms with E-state index in [9.17, 15) is 9.18 Å². The van der Waals surface area contributed by atoms with Gasteiger partial charge in [0.1, 0.15) is 17.3 Å². The third-order valence-corrected chi connectivity index (χ3v) is 2.78. The zero-order chi connectivity index (χ0) is 14.5. The van der Waals surface area contributed by atoms with Crippen molar-refractivity contribution in [2.75, 3.05) is 19.5 Å². The lowest BCUT2D eigenvalue weighted by Gasteiger charge is -2.11. The number of hydrogen-bond acceptors (Lipinski definition) is 3. The molecule has 104 valence electrons. The van der Waals surface area contributed by atoms with Crippen LogP contribution in [0.3, 0.4) is 0 Å². The fraction of sp³-hybridized carbons (Fsp3) is 0.133. The minimum atomic E-state index is -0.572. The molecular formula is C15H14FNO3. The van der Waals surface area contributed by atoms with Gasteiger partial charge in [0.25, 0.3) is 5.91 Å². The van der Waals surface area contributed by atoms with E-state index in [0.29, 0.717) is 17.2 Å². The molecule has 2 rings (SSSR count). The van der Waals surface area contributed by atoms with Gasteiger partial charge in [-0.2, -0.15) is 0 Å². The molecule has 1 N–H and O–H groups in total. The Morgan fingerprint density at radius 1 is 1.10 bits per heavy atom. The highest BCUT2D eigenvalue weighted by Crippen LogP contribution is 2.29. The highest BCUT2D eigenvalue weighted by Gasteiger charge is 2.13. The lowest BCUT2D eigenvalue weighted by atomic mass is 10.2. The Morgan fingerprint density at radius 3 is 2.50 bits per heavy atom. The molecule has 1 amide bonds. The van der Waals surface area contributed by atoms with Gasteiger partial charge in [-0.25, -0.2) is 4.39 Å². The van der Waals surface area contributed by atoms with E-state index in [-0.39, 0.29) is 5.56 Å². The van der Waals surface area contributed by atoms with Crippen molar-refractivity contribution in [3.05, 3.63) is 53.8 Å². The lowest BCUT2D eigenvalue weighted by molar-refractivity contribution is 0.102. The molecule has 2 aromatic carbocycles. The summed E-state index contributed by atoms with van der Waals surface area (Å²) in [6.45, 7) is 0. The second-order valence-corrected chi connectivity index (χ2v) is 4.00. The van der Waals surface area contributed by atoms with Crippen LogP contribution in [-0.2, 0) is 0 Å². The van der Waals surface area contributed by atoms with Crippen LogP contribution in [-0.4, -0.2) is 20.1 Å². The summed E-state index contributed by atoms with van der Waals surface area (Å²) in [4.78, 5) is 12.0. The summed E-state index contributed by atoms with van der Waals surface area (Å²) in [6, 6.07) is 10.7. The lowest BCUT2D eigenvalue weighted by Crippen LogP contribution is -2.14. The first-order valence-electron chi connectivity index (χ1n) is 5.93. The van der Waals surface area contributed by atoms with Crippen LogP contribution in [0.5, 0.6) is 11.5 Å². The molecule has 0 aliphatic heterocycles. The number of methoxy groups -OCH3 is 2. The molecule has 0 saturated carbocycles. The maximum atomic E-state index is 13.5. The summed E-state index contributed by atoms with van der Waals surface area (Å²) in [5.41, 5.74) is 0.423. The van der Waals surface area contributed by atoms with Crippen LogP contribution >= 0.6 is 0 Å². The largest absolute Gasteiger partial charge is 0.497 e. The summed E-state index contributed by atoms with van der Waals surface area (Å²) < 4.78 is 23.8. The van der Waals surface area contributed by atoms with Crippen LogP contribution in [0.4, 0.5) is 10.1 Å². The van der Waals surface area contributed by atoms with Crippen LogP contribution in [0.15, 0.2) is 42.5 Å². The van der Waals surface area contributed by atoms with Gasteiger partial charge in [-0.05, 0) is 24.3 Å². The van der Waals surface area contributed by atoms with E-state index in [2.05, 4.69) is 5.32 Å². The van der Waals surface area contributed by atoms with Crippen molar-refractivity contribution >= 4 is 11.6 Å². The topological polar surface area (TPSA) is 47.6 Å². The van der Waals surface area contributed by atoms with Gasteiger partial charge in [0.2, 0.25) is 0 Å². The van der Waals surface area contributed by atoms with Crippen molar-refractivity contribution in [2.45, 2.75) is 0 Å². The van der Waals surface area contributed by atoms with Crippen molar-refractivity contribution in [1.29, 1.82) is 0 Å². The SMILES string of the molecule is COc1ccc(NC(=O)c2ccccc2F)c(OC)c1. The molecule has 20 heavy (non-hydrogen) atoms. The number of ether oxygens (including phenoxy) is 2. The molecular weight excluding hydrogens is 261 g/mol. The maximum Gasteiger partial charge on any atom is 0.258 e. The van der Waals surface area contributed by atoms with E-state index in [1.165, 1.54) is 32.4 Å². The van der Waals surface area contributed by atoms with Gasteiger partial charge in [-0.3, -0.25) is 4.79 Å². The Balaban J connectivity index is 2.26. The molecule has 5 heteroatoms. The van der Waals surface area contributed by atoms with Crippen molar-refractivity contribution in [2.24, 2.45) is 0 Å². The highest BCUT2D eigenvalue weighted by molar-refractivity contribution is 6.05. The average molecular weight is 275 g/mol. The van der Waals surface area contributed by atoms with Gasteiger partial charge in [-0.1, -0.05) is 12.1 Å². The van der Waals surface area contributed by atoms with Gasteiger partial charge in [0.05, 0.1) is 25.5 Å². The number of hydrogen-bond donors (Lipinski definition) is 1. The molecule has 0 saturated heterocycles. The van der Waals surface area contributed by atoms with Crippen molar-refractivity contribution in [3.8, 4) is 11.5 Å². The second-order valence-electron chi connectivity index (χ2n) is 4.00.